The molecule has 96 valence electrons. The van der Waals surface area contributed by atoms with Crippen molar-refractivity contribution in [1.82, 2.24) is 4.98 Å². The predicted octanol–water partition coefficient (Wildman–Crippen LogP) is 3.86. The van der Waals surface area contributed by atoms with E-state index < -0.39 is 0 Å². The maximum absolute atomic E-state index is 12.1. The summed E-state index contributed by atoms with van der Waals surface area (Å²) in [5.41, 5.74) is 2.22. The van der Waals surface area contributed by atoms with E-state index >= 15 is 0 Å². The molecule has 18 heavy (non-hydrogen) atoms. The molecule has 0 saturated carbocycles. The third kappa shape index (κ3) is 4.10. The summed E-state index contributed by atoms with van der Waals surface area (Å²) < 4.78 is 0. The lowest BCUT2D eigenvalue weighted by Crippen LogP contribution is -2.06. The zero-order valence-corrected chi connectivity index (χ0v) is 10.9. The molecule has 2 heteroatoms. The molecule has 0 aliphatic heterocycles. The summed E-state index contributed by atoms with van der Waals surface area (Å²) in [6.45, 7) is 0. The number of Topliss-reactive ketones (excluding diaryl/α,β-unsaturated/α-hetero) is 1. The van der Waals surface area contributed by atoms with Gasteiger partial charge in [0.15, 0.2) is 5.78 Å². The van der Waals surface area contributed by atoms with Crippen LogP contribution in [0.15, 0.2) is 36.2 Å². The van der Waals surface area contributed by atoms with Gasteiger partial charge in [-0.25, -0.2) is 0 Å². The minimum atomic E-state index is 0.334. The molecule has 1 aliphatic carbocycles. The lowest BCUT2D eigenvalue weighted by atomic mass is 9.95. The van der Waals surface area contributed by atoms with Crippen LogP contribution < -0.4 is 0 Å². The highest BCUT2D eigenvalue weighted by Gasteiger charge is 2.10. The molecule has 0 unspecified atom stereocenters. The van der Waals surface area contributed by atoms with Gasteiger partial charge in [-0.1, -0.05) is 25.0 Å². The molecule has 0 radical (unpaired) electrons. The van der Waals surface area contributed by atoms with E-state index in [0.29, 0.717) is 12.2 Å². The molecule has 0 fully saturated rings. The van der Waals surface area contributed by atoms with Gasteiger partial charge < -0.3 is 0 Å². The van der Waals surface area contributed by atoms with Gasteiger partial charge >= 0.3 is 0 Å². The van der Waals surface area contributed by atoms with Crippen molar-refractivity contribution in [3.8, 4) is 0 Å². The highest BCUT2D eigenvalue weighted by Crippen LogP contribution is 2.19. The van der Waals surface area contributed by atoms with E-state index in [1.54, 1.807) is 6.20 Å². The molecule has 1 aromatic heterocycles. The van der Waals surface area contributed by atoms with Gasteiger partial charge in [0.05, 0.1) is 0 Å². The summed E-state index contributed by atoms with van der Waals surface area (Å²) in [6, 6.07) is 3.96. The quantitative estimate of drug-likeness (QED) is 0.803. The number of carbonyl (C=O) groups excluding carboxylic acids is 1. The minimum absolute atomic E-state index is 0.334. The van der Waals surface area contributed by atoms with Gasteiger partial charge in [-0.3, -0.25) is 9.78 Å². The van der Waals surface area contributed by atoms with Crippen LogP contribution >= 0.6 is 0 Å². The standard InChI is InChI=1S/C16H21NO/c18-16(11-10-14-7-6-12-17-13-14)15-8-4-2-1-3-5-9-15/h6-8,12-13H,1-5,9-11H2/b15-8+. The topological polar surface area (TPSA) is 30.0 Å². The van der Waals surface area contributed by atoms with Gasteiger partial charge in [0.25, 0.3) is 0 Å². The predicted molar refractivity (Wildman–Crippen MR) is 73.4 cm³/mol. The third-order valence-electron chi connectivity index (χ3n) is 3.51. The van der Waals surface area contributed by atoms with Gasteiger partial charge in [0.1, 0.15) is 0 Å². The minimum Gasteiger partial charge on any atom is -0.295 e. The summed E-state index contributed by atoms with van der Waals surface area (Å²) in [7, 11) is 0. The zero-order chi connectivity index (χ0) is 12.6. The number of pyridine rings is 1. The van der Waals surface area contributed by atoms with E-state index in [9.17, 15) is 4.79 Å². The molecule has 0 bridgehead atoms. The molecule has 0 N–H and O–H groups in total. The van der Waals surface area contributed by atoms with Crippen molar-refractivity contribution < 1.29 is 4.79 Å². The fraction of sp³-hybridized carbons (Fsp3) is 0.500. The van der Waals surface area contributed by atoms with Crippen molar-refractivity contribution in [2.75, 3.05) is 0 Å². The van der Waals surface area contributed by atoms with Gasteiger partial charge in [-0.15, -0.1) is 0 Å². The van der Waals surface area contributed by atoms with E-state index in [2.05, 4.69) is 11.1 Å². The number of hydrogen-bond acceptors (Lipinski definition) is 2. The number of rotatable bonds is 4. The SMILES string of the molecule is O=C(CCc1cccnc1)/C1=C/CCCCCC1. The van der Waals surface area contributed by atoms with Gasteiger partial charge in [0.2, 0.25) is 0 Å². The maximum Gasteiger partial charge on any atom is 0.158 e. The van der Waals surface area contributed by atoms with Crippen LogP contribution in [-0.4, -0.2) is 10.8 Å². The van der Waals surface area contributed by atoms with Crippen LogP contribution in [0.25, 0.3) is 0 Å². The van der Waals surface area contributed by atoms with Crippen LogP contribution in [-0.2, 0) is 11.2 Å². The van der Waals surface area contributed by atoms with Gasteiger partial charge in [-0.05, 0) is 49.3 Å². The van der Waals surface area contributed by atoms with Gasteiger partial charge in [0, 0.05) is 18.8 Å². The Hall–Kier alpha value is -1.44. The van der Waals surface area contributed by atoms with E-state index in [0.717, 1.165) is 30.4 Å². The molecular formula is C16H21NO. The first-order valence-corrected chi connectivity index (χ1v) is 6.97. The van der Waals surface area contributed by atoms with Crippen molar-refractivity contribution in [3.05, 3.63) is 41.7 Å². The Morgan fingerprint density at radius 2 is 2.11 bits per heavy atom. The smallest absolute Gasteiger partial charge is 0.158 e. The number of allylic oxidation sites excluding steroid dienone is 2. The first kappa shape index (κ1) is 13.0. The molecule has 1 aromatic rings. The molecule has 0 aromatic carbocycles. The lowest BCUT2D eigenvalue weighted by Gasteiger charge is -2.10. The number of ketones is 1. The Morgan fingerprint density at radius 1 is 1.22 bits per heavy atom. The monoisotopic (exact) mass is 243 g/mol. The molecule has 2 rings (SSSR count). The van der Waals surface area contributed by atoms with E-state index in [4.69, 9.17) is 0 Å². The van der Waals surface area contributed by atoms with Crippen molar-refractivity contribution in [1.29, 1.82) is 0 Å². The molecule has 1 heterocycles. The molecule has 1 aliphatic rings. The van der Waals surface area contributed by atoms with E-state index in [1.165, 1.54) is 25.7 Å². The van der Waals surface area contributed by atoms with Crippen LogP contribution in [0, 0.1) is 0 Å². The fourth-order valence-electron chi connectivity index (χ4n) is 2.41. The first-order valence-electron chi connectivity index (χ1n) is 6.97. The first-order chi connectivity index (χ1) is 8.86. The van der Waals surface area contributed by atoms with Crippen LogP contribution in [0.2, 0.25) is 0 Å². The second kappa shape index (κ2) is 7.10. The summed E-state index contributed by atoms with van der Waals surface area (Å²) in [6.07, 6.45) is 14.3. The maximum atomic E-state index is 12.1. The van der Waals surface area contributed by atoms with Crippen LogP contribution in [0.5, 0.6) is 0 Å². The zero-order valence-electron chi connectivity index (χ0n) is 10.9. The average molecular weight is 243 g/mol. The molecule has 0 spiro atoms. The van der Waals surface area contributed by atoms with Crippen LogP contribution in [0.4, 0.5) is 0 Å². The molecule has 0 amide bonds. The second-order valence-electron chi connectivity index (χ2n) is 4.97. The Bertz CT molecular complexity index is 408. The van der Waals surface area contributed by atoms with Crippen molar-refractivity contribution in [2.24, 2.45) is 0 Å². The fourth-order valence-corrected chi connectivity index (χ4v) is 2.41. The number of carbonyl (C=O) groups is 1. The molecule has 0 atom stereocenters. The number of hydrogen-bond donors (Lipinski definition) is 0. The Labute approximate surface area is 109 Å². The van der Waals surface area contributed by atoms with Crippen molar-refractivity contribution in [3.63, 3.8) is 0 Å². The lowest BCUT2D eigenvalue weighted by molar-refractivity contribution is -0.115. The summed E-state index contributed by atoms with van der Waals surface area (Å²) >= 11 is 0. The van der Waals surface area contributed by atoms with Crippen LogP contribution in [0.1, 0.15) is 50.5 Å². The average Bonchev–Trinajstić information content (AvgIpc) is 2.37. The second-order valence-corrected chi connectivity index (χ2v) is 4.97. The summed E-state index contributed by atoms with van der Waals surface area (Å²) in [4.78, 5) is 16.2. The Balaban J connectivity index is 1.87. The Morgan fingerprint density at radius 3 is 2.94 bits per heavy atom. The normalized spacial score (nSPS) is 19.4. The summed E-state index contributed by atoms with van der Waals surface area (Å²) in [5, 5.41) is 0. The molecule has 2 nitrogen and oxygen atoms in total. The molecular weight excluding hydrogens is 222 g/mol. The molecule has 0 saturated heterocycles. The van der Waals surface area contributed by atoms with Crippen molar-refractivity contribution in [2.45, 2.75) is 51.4 Å². The number of aryl methyl sites for hydroxylation is 1. The van der Waals surface area contributed by atoms with Crippen LogP contribution in [0.3, 0.4) is 0 Å². The number of nitrogens with zero attached hydrogens (tertiary/aromatic N) is 1. The Kier molecular flexibility index (Phi) is 5.13. The van der Waals surface area contributed by atoms with E-state index in [1.807, 2.05) is 18.3 Å². The van der Waals surface area contributed by atoms with E-state index in [-0.39, 0.29) is 0 Å². The van der Waals surface area contributed by atoms with Gasteiger partial charge in [-0.2, -0.15) is 0 Å². The highest BCUT2D eigenvalue weighted by atomic mass is 16.1. The largest absolute Gasteiger partial charge is 0.295 e. The number of aromatic nitrogens is 1. The van der Waals surface area contributed by atoms with Crippen molar-refractivity contribution >= 4 is 5.78 Å². The summed E-state index contributed by atoms with van der Waals surface area (Å²) in [5.74, 6) is 0.334. The third-order valence-corrected chi connectivity index (χ3v) is 3.51. The highest BCUT2D eigenvalue weighted by molar-refractivity contribution is 5.95.